The smallest absolute Gasteiger partial charge is 0.336 e. The molecule has 0 atom stereocenters. The van der Waals surface area contributed by atoms with Gasteiger partial charge in [-0.2, -0.15) is 0 Å². The molecule has 0 unspecified atom stereocenters. The van der Waals surface area contributed by atoms with Gasteiger partial charge < -0.3 is 20.4 Å². The van der Waals surface area contributed by atoms with Crippen LogP contribution in [0.15, 0.2) is 97.1 Å². The minimum atomic E-state index is -0.996. The van der Waals surface area contributed by atoms with Gasteiger partial charge in [-0.25, -0.2) is 19.2 Å². The topological polar surface area (TPSA) is 149 Å². The molecule has 4 N–H and O–H groups in total. The number of fused-ring (bicyclic) bond motifs is 4. The van der Waals surface area contributed by atoms with Crippen LogP contribution in [-0.2, 0) is 0 Å². The van der Waals surface area contributed by atoms with Crippen LogP contribution in [-0.4, -0.2) is 44.3 Å². The van der Waals surface area contributed by atoms with E-state index in [1.807, 2.05) is 0 Å². The average Bonchev–Trinajstić information content (AvgIpc) is 2.93. The van der Waals surface area contributed by atoms with Crippen LogP contribution in [0, 0.1) is 0 Å². The van der Waals surface area contributed by atoms with Crippen LogP contribution in [0.2, 0.25) is 0 Å². The van der Waals surface area contributed by atoms with Crippen LogP contribution in [0.3, 0.4) is 0 Å². The molecular weight excluding hydrogens is 512 g/mol. The highest BCUT2D eigenvalue weighted by molar-refractivity contribution is 6.13. The predicted molar refractivity (Wildman–Crippen MR) is 151 cm³/mol. The lowest BCUT2D eigenvalue weighted by molar-refractivity contribution is 0.0688. The molecule has 6 aromatic rings. The molecule has 0 aliphatic rings. The van der Waals surface area contributed by atoms with Crippen molar-refractivity contribution in [2.24, 2.45) is 0 Å². The van der Waals surface area contributed by atoms with Crippen molar-refractivity contribution in [1.29, 1.82) is 0 Å². The Morgan fingerprint density at radius 2 is 0.550 bits per heavy atom. The van der Waals surface area contributed by atoms with Crippen LogP contribution in [0.4, 0.5) is 0 Å². The molecule has 0 saturated carbocycles. The molecule has 0 saturated heterocycles. The van der Waals surface area contributed by atoms with Crippen molar-refractivity contribution >= 4 is 67.0 Å². The SMILES string of the molecule is O=C(O)c1cccc2cc3c(C(=O)O)cccc3cc12.O=C(O)c1cccc2cc3c(C(=O)O)cccc3cc12. The van der Waals surface area contributed by atoms with E-state index in [2.05, 4.69) is 0 Å². The summed E-state index contributed by atoms with van der Waals surface area (Å²) in [6.07, 6.45) is 0. The molecule has 40 heavy (non-hydrogen) atoms. The van der Waals surface area contributed by atoms with Crippen LogP contribution in [0.25, 0.3) is 43.1 Å². The summed E-state index contributed by atoms with van der Waals surface area (Å²) in [5.41, 5.74) is 0.852. The van der Waals surface area contributed by atoms with E-state index < -0.39 is 23.9 Å². The van der Waals surface area contributed by atoms with E-state index in [1.54, 1.807) is 72.8 Å². The highest BCUT2D eigenvalue weighted by Gasteiger charge is 2.14. The fourth-order valence-electron chi connectivity index (χ4n) is 4.85. The molecule has 0 fully saturated rings. The van der Waals surface area contributed by atoms with Crippen molar-refractivity contribution in [3.8, 4) is 0 Å². The zero-order valence-corrected chi connectivity index (χ0v) is 20.7. The number of carboxylic acids is 4. The Kier molecular flexibility index (Phi) is 6.59. The van der Waals surface area contributed by atoms with Crippen LogP contribution < -0.4 is 0 Å². The van der Waals surface area contributed by atoms with Gasteiger partial charge in [-0.05, 0) is 91.6 Å². The van der Waals surface area contributed by atoms with Gasteiger partial charge in [0.2, 0.25) is 0 Å². The Bertz CT molecular complexity index is 1730. The quantitative estimate of drug-likeness (QED) is 0.182. The maximum Gasteiger partial charge on any atom is 0.336 e. The first kappa shape index (κ1) is 25.9. The molecule has 0 aliphatic heterocycles. The third-order valence-electron chi connectivity index (χ3n) is 6.68. The fraction of sp³-hybridized carbons (Fsp3) is 0. The molecule has 0 bridgehead atoms. The molecule has 6 aromatic carbocycles. The third kappa shape index (κ3) is 4.65. The molecule has 8 heteroatoms. The summed E-state index contributed by atoms with van der Waals surface area (Å²) in [5, 5.41) is 42.1. The van der Waals surface area contributed by atoms with Crippen molar-refractivity contribution in [3.05, 3.63) is 119 Å². The minimum Gasteiger partial charge on any atom is -0.478 e. The predicted octanol–water partition coefficient (Wildman–Crippen LogP) is 6.78. The van der Waals surface area contributed by atoms with Crippen molar-refractivity contribution in [3.63, 3.8) is 0 Å². The Hall–Kier alpha value is -5.76. The first-order valence-electron chi connectivity index (χ1n) is 12.0. The number of aromatic carboxylic acids is 4. The van der Waals surface area contributed by atoms with E-state index in [0.717, 1.165) is 0 Å². The minimum absolute atomic E-state index is 0.213. The number of rotatable bonds is 4. The van der Waals surface area contributed by atoms with Crippen molar-refractivity contribution < 1.29 is 39.6 Å². The van der Waals surface area contributed by atoms with E-state index in [4.69, 9.17) is 0 Å². The van der Waals surface area contributed by atoms with Crippen molar-refractivity contribution in [2.75, 3.05) is 0 Å². The molecule has 196 valence electrons. The fourth-order valence-corrected chi connectivity index (χ4v) is 4.85. The van der Waals surface area contributed by atoms with Gasteiger partial charge in [-0.3, -0.25) is 0 Å². The standard InChI is InChI=1S/2C16H10O4/c2*17-15(18)11-5-1-3-9-7-14-10(8-13(9)11)4-2-6-12(14)16(19)20/h2*1-8H,(H,17,18)(H,19,20). The zero-order chi connectivity index (χ0) is 28.6. The number of carbonyl (C=O) groups is 4. The van der Waals surface area contributed by atoms with E-state index in [9.17, 15) is 39.6 Å². The highest BCUT2D eigenvalue weighted by Crippen LogP contribution is 2.29. The summed E-state index contributed by atoms with van der Waals surface area (Å²) in [6, 6.07) is 26.8. The lowest BCUT2D eigenvalue weighted by atomic mass is 9.97. The van der Waals surface area contributed by atoms with Gasteiger partial charge in [0.1, 0.15) is 0 Å². The summed E-state index contributed by atoms with van der Waals surface area (Å²) >= 11 is 0. The average molecular weight is 533 g/mol. The maximum absolute atomic E-state index is 11.2. The molecule has 0 aliphatic carbocycles. The van der Waals surface area contributed by atoms with Gasteiger partial charge in [0.25, 0.3) is 0 Å². The van der Waals surface area contributed by atoms with Gasteiger partial charge in [0, 0.05) is 0 Å². The van der Waals surface area contributed by atoms with Crippen LogP contribution in [0.1, 0.15) is 41.4 Å². The van der Waals surface area contributed by atoms with Gasteiger partial charge in [-0.1, -0.05) is 48.5 Å². The molecule has 0 aromatic heterocycles. The Morgan fingerprint density at radius 3 is 0.725 bits per heavy atom. The summed E-state index contributed by atoms with van der Waals surface area (Å²) in [7, 11) is 0. The number of benzene rings is 6. The van der Waals surface area contributed by atoms with Gasteiger partial charge in [0.15, 0.2) is 0 Å². The van der Waals surface area contributed by atoms with Gasteiger partial charge in [0.05, 0.1) is 22.3 Å². The molecule has 0 radical (unpaired) electrons. The Balaban J connectivity index is 0.000000161. The Labute approximate surface area is 226 Å². The molecule has 8 nitrogen and oxygen atoms in total. The molecular formula is C32H20O8. The van der Waals surface area contributed by atoms with Crippen molar-refractivity contribution in [2.45, 2.75) is 0 Å². The molecule has 0 spiro atoms. The number of hydrogen-bond donors (Lipinski definition) is 4. The largest absolute Gasteiger partial charge is 0.478 e. The lowest BCUT2D eigenvalue weighted by Gasteiger charge is -2.07. The number of carboxylic acid groups (broad SMARTS) is 4. The summed E-state index contributed by atoms with van der Waals surface area (Å²) in [4.78, 5) is 44.9. The first-order chi connectivity index (χ1) is 19.2. The van der Waals surface area contributed by atoms with Gasteiger partial charge >= 0.3 is 23.9 Å². The summed E-state index contributed by atoms with van der Waals surface area (Å²) in [5.74, 6) is -3.98. The third-order valence-corrected chi connectivity index (χ3v) is 6.68. The second-order valence-electron chi connectivity index (χ2n) is 9.03. The second-order valence-corrected chi connectivity index (χ2v) is 9.03. The lowest BCUT2D eigenvalue weighted by Crippen LogP contribution is -1.99. The Morgan fingerprint density at radius 1 is 0.350 bits per heavy atom. The highest BCUT2D eigenvalue weighted by atomic mass is 16.4. The number of hydrogen-bond acceptors (Lipinski definition) is 4. The van der Waals surface area contributed by atoms with Gasteiger partial charge in [-0.15, -0.1) is 0 Å². The summed E-state index contributed by atoms with van der Waals surface area (Å²) in [6.45, 7) is 0. The van der Waals surface area contributed by atoms with E-state index in [0.29, 0.717) is 43.1 Å². The molecule has 0 heterocycles. The monoisotopic (exact) mass is 532 g/mol. The first-order valence-corrected chi connectivity index (χ1v) is 12.0. The second kappa shape index (κ2) is 10.2. The normalized spacial score (nSPS) is 10.8. The zero-order valence-electron chi connectivity index (χ0n) is 20.7. The van der Waals surface area contributed by atoms with Crippen LogP contribution in [0.5, 0.6) is 0 Å². The van der Waals surface area contributed by atoms with E-state index in [1.165, 1.54) is 24.3 Å². The summed E-state index contributed by atoms with van der Waals surface area (Å²) < 4.78 is 0. The molecule has 0 amide bonds. The van der Waals surface area contributed by atoms with E-state index >= 15 is 0 Å². The van der Waals surface area contributed by atoms with Crippen molar-refractivity contribution in [1.82, 2.24) is 0 Å². The van der Waals surface area contributed by atoms with E-state index in [-0.39, 0.29) is 22.3 Å². The van der Waals surface area contributed by atoms with Crippen LogP contribution >= 0.6 is 0 Å². The molecule has 6 rings (SSSR count). The maximum atomic E-state index is 11.2.